The van der Waals surface area contributed by atoms with Gasteiger partial charge in [0.15, 0.2) is 0 Å². The molecule has 0 saturated carbocycles. The van der Waals surface area contributed by atoms with Crippen LogP contribution in [0.2, 0.25) is 0 Å². The predicted octanol–water partition coefficient (Wildman–Crippen LogP) is 5.91. The monoisotopic (exact) mass is 299 g/mol. The van der Waals surface area contributed by atoms with Crippen LogP contribution in [0.1, 0.15) is 96.8 Å². The molecule has 0 aliphatic carbocycles. The van der Waals surface area contributed by atoms with Crippen LogP contribution in [0.4, 0.5) is 0 Å². The van der Waals surface area contributed by atoms with Crippen molar-refractivity contribution in [1.82, 2.24) is 0 Å². The Kier molecular flexibility index (Phi) is 11.9. The molecule has 0 radical (unpaired) electrons. The third-order valence-electron chi connectivity index (χ3n) is 4.47. The van der Waals surface area contributed by atoms with Crippen molar-refractivity contribution in [3.63, 3.8) is 0 Å². The fourth-order valence-corrected chi connectivity index (χ4v) is 4.25. The molecule has 120 valence electrons. The normalized spacial score (nSPS) is 21.3. The summed E-state index contributed by atoms with van der Waals surface area (Å²) in [6.45, 7) is 3.17. The van der Waals surface area contributed by atoms with Crippen LogP contribution in [-0.4, -0.2) is 17.0 Å². The van der Waals surface area contributed by atoms with Crippen molar-refractivity contribution in [3.8, 4) is 0 Å². The Balaban J connectivity index is 1.75. The fraction of sp³-hybridized carbons (Fsp3) is 1.00. The zero-order valence-corrected chi connectivity index (χ0v) is 14.6. The average molecular weight is 300 g/mol. The lowest BCUT2D eigenvalue weighted by atomic mass is 10.0. The molecule has 0 spiro atoms. The highest BCUT2D eigenvalue weighted by atomic mass is 32.2. The second kappa shape index (κ2) is 13.0. The van der Waals surface area contributed by atoms with E-state index in [0.717, 1.165) is 17.0 Å². The van der Waals surface area contributed by atoms with Gasteiger partial charge in [0.25, 0.3) is 0 Å². The molecule has 0 bridgehead atoms. The van der Waals surface area contributed by atoms with Crippen LogP contribution in [0.25, 0.3) is 0 Å². The van der Waals surface area contributed by atoms with Gasteiger partial charge in [0.2, 0.25) is 0 Å². The molecule has 1 saturated heterocycles. The van der Waals surface area contributed by atoms with Crippen molar-refractivity contribution in [1.29, 1.82) is 0 Å². The van der Waals surface area contributed by atoms with Gasteiger partial charge in [0, 0.05) is 10.5 Å². The molecule has 1 nitrogen and oxygen atoms in total. The van der Waals surface area contributed by atoms with E-state index in [-0.39, 0.29) is 0 Å². The molecule has 1 aliphatic rings. The van der Waals surface area contributed by atoms with Gasteiger partial charge in [-0.1, -0.05) is 77.6 Å². The Labute approximate surface area is 131 Å². The largest absolute Gasteiger partial charge is 0.330 e. The van der Waals surface area contributed by atoms with E-state index < -0.39 is 0 Å². The van der Waals surface area contributed by atoms with Gasteiger partial charge in [-0.05, 0) is 25.8 Å². The molecule has 0 aromatic carbocycles. The summed E-state index contributed by atoms with van der Waals surface area (Å²) in [5.41, 5.74) is 5.50. The first kappa shape index (κ1) is 18.4. The number of unbranched alkanes of at least 4 members (excludes halogenated alkanes) is 10. The maximum atomic E-state index is 5.50. The van der Waals surface area contributed by atoms with Crippen molar-refractivity contribution in [2.24, 2.45) is 5.73 Å². The van der Waals surface area contributed by atoms with Gasteiger partial charge in [-0.3, -0.25) is 0 Å². The lowest BCUT2D eigenvalue weighted by Gasteiger charge is -2.01. The van der Waals surface area contributed by atoms with Crippen molar-refractivity contribution < 1.29 is 0 Å². The van der Waals surface area contributed by atoms with Gasteiger partial charge >= 0.3 is 0 Å². The summed E-state index contributed by atoms with van der Waals surface area (Å²) in [7, 11) is 0. The summed E-state index contributed by atoms with van der Waals surface area (Å²) in [5.74, 6) is 0. The molecule has 0 aromatic heterocycles. The molecule has 1 aliphatic heterocycles. The number of thioether (sulfide) groups is 1. The lowest BCUT2D eigenvalue weighted by molar-refractivity contribution is 0.563. The molecule has 0 amide bonds. The average Bonchev–Trinajstić information content (AvgIpc) is 3.20. The van der Waals surface area contributed by atoms with E-state index in [4.69, 9.17) is 5.73 Å². The Hall–Kier alpha value is 0.310. The third kappa shape index (κ3) is 10.1. The van der Waals surface area contributed by atoms with Gasteiger partial charge in [0.1, 0.15) is 0 Å². The number of nitrogens with two attached hydrogens (primary N) is 1. The highest BCUT2D eigenvalue weighted by molar-refractivity contribution is 8.07. The van der Waals surface area contributed by atoms with Gasteiger partial charge in [-0.25, -0.2) is 0 Å². The molecule has 20 heavy (non-hydrogen) atoms. The number of hydrogen-bond donors (Lipinski definition) is 1. The van der Waals surface area contributed by atoms with Crippen molar-refractivity contribution in [2.45, 2.75) is 107 Å². The highest BCUT2D eigenvalue weighted by Crippen LogP contribution is 2.47. The van der Waals surface area contributed by atoms with E-state index in [1.54, 1.807) is 0 Å². The van der Waals surface area contributed by atoms with E-state index in [0.29, 0.717) is 0 Å². The van der Waals surface area contributed by atoms with Gasteiger partial charge in [-0.15, -0.1) is 0 Å². The quantitative estimate of drug-likeness (QED) is 0.300. The summed E-state index contributed by atoms with van der Waals surface area (Å²) in [6.07, 6.45) is 20.0. The van der Waals surface area contributed by atoms with Gasteiger partial charge in [0.05, 0.1) is 0 Å². The second-order valence-electron chi connectivity index (χ2n) is 6.47. The SMILES string of the molecule is CCCCCCCCC1SC1CCCCCCCCN. The number of rotatable bonds is 15. The summed E-state index contributed by atoms with van der Waals surface area (Å²) in [4.78, 5) is 0. The topological polar surface area (TPSA) is 26.0 Å². The van der Waals surface area contributed by atoms with E-state index in [1.165, 1.54) is 89.9 Å². The summed E-state index contributed by atoms with van der Waals surface area (Å²) in [5, 5.41) is 2.08. The van der Waals surface area contributed by atoms with E-state index in [1.807, 2.05) is 0 Å². The molecule has 2 atom stereocenters. The van der Waals surface area contributed by atoms with E-state index in [9.17, 15) is 0 Å². The predicted molar refractivity (Wildman–Crippen MR) is 94.5 cm³/mol. The van der Waals surface area contributed by atoms with E-state index >= 15 is 0 Å². The third-order valence-corrected chi connectivity index (χ3v) is 5.99. The van der Waals surface area contributed by atoms with Gasteiger partial charge in [-0.2, -0.15) is 11.8 Å². The summed E-state index contributed by atoms with van der Waals surface area (Å²) >= 11 is 2.26. The van der Waals surface area contributed by atoms with Crippen LogP contribution in [0.5, 0.6) is 0 Å². The van der Waals surface area contributed by atoms with E-state index in [2.05, 4.69) is 18.7 Å². The van der Waals surface area contributed by atoms with Crippen LogP contribution in [-0.2, 0) is 0 Å². The number of hydrogen-bond acceptors (Lipinski definition) is 2. The van der Waals surface area contributed by atoms with Crippen LogP contribution in [0.15, 0.2) is 0 Å². The molecule has 2 unspecified atom stereocenters. The van der Waals surface area contributed by atoms with Crippen LogP contribution < -0.4 is 5.73 Å². The van der Waals surface area contributed by atoms with Crippen LogP contribution in [0.3, 0.4) is 0 Å². The molecular formula is C18H37NS. The molecule has 0 aromatic rings. The first-order chi connectivity index (χ1) is 9.88. The summed E-state index contributed by atoms with van der Waals surface area (Å²) in [6, 6.07) is 0. The Bertz CT molecular complexity index is 208. The maximum absolute atomic E-state index is 5.50. The maximum Gasteiger partial charge on any atom is 0.0169 e. The standard InChI is InChI=1S/C18H37NS/c1-2-3-4-5-8-11-14-17-18(20-17)15-12-9-6-7-10-13-16-19/h17-18H,2-16,19H2,1H3. The molecule has 1 fully saturated rings. The smallest absolute Gasteiger partial charge is 0.0169 e. The van der Waals surface area contributed by atoms with Crippen molar-refractivity contribution in [3.05, 3.63) is 0 Å². The minimum Gasteiger partial charge on any atom is -0.330 e. The molecular weight excluding hydrogens is 262 g/mol. The Morgan fingerprint density at radius 2 is 1.10 bits per heavy atom. The first-order valence-electron chi connectivity index (χ1n) is 9.24. The van der Waals surface area contributed by atoms with Crippen LogP contribution in [0, 0.1) is 0 Å². The zero-order chi connectivity index (χ0) is 14.5. The fourth-order valence-electron chi connectivity index (χ4n) is 3.01. The minimum atomic E-state index is 0.874. The second-order valence-corrected chi connectivity index (χ2v) is 7.95. The Morgan fingerprint density at radius 3 is 1.60 bits per heavy atom. The first-order valence-corrected chi connectivity index (χ1v) is 10.2. The van der Waals surface area contributed by atoms with Crippen LogP contribution >= 0.6 is 11.8 Å². The van der Waals surface area contributed by atoms with Gasteiger partial charge < -0.3 is 5.73 Å². The highest BCUT2D eigenvalue weighted by Gasteiger charge is 2.36. The molecule has 1 rings (SSSR count). The summed E-state index contributed by atoms with van der Waals surface area (Å²) < 4.78 is 0. The molecule has 1 heterocycles. The molecule has 2 N–H and O–H groups in total. The lowest BCUT2D eigenvalue weighted by Crippen LogP contribution is -1.97. The minimum absolute atomic E-state index is 0.874. The van der Waals surface area contributed by atoms with Crippen molar-refractivity contribution in [2.75, 3.05) is 6.54 Å². The van der Waals surface area contributed by atoms with Crippen molar-refractivity contribution >= 4 is 11.8 Å². The molecule has 2 heteroatoms. The Morgan fingerprint density at radius 1 is 0.650 bits per heavy atom. The zero-order valence-electron chi connectivity index (χ0n) is 13.7.